The summed E-state index contributed by atoms with van der Waals surface area (Å²) in [4.78, 5) is 0. The third kappa shape index (κ3) is 6.11. The highest BCUT2D eigenvalue weighted by atomic mass is 16.5. The van der Waals surface area contributed by atoms with E-state index in [1.165, 1.54) is 0 Å². The van der Waals surface area contributed by atoms with Crippen molar-refractivity contribution in [2.24, 2.45) is 5.92 Å². The van der Waals surface area contributed by atoms with E-state index in [1.807, 2.05) is 0 Å². The van der Waals surface area contributed by atoms with Crippen LogP contribution in [-0.2, 0) is 16.2 Å². The van der Waals surface area contributed by atoms with Gasteiger partial charge in [0.2, 0.25) is 17.2 Å². The number of methoxy groups -OCH3 is 6. The largest absolute Gasteiger partial charge is 0.493 e. The fraction of sp³-hybridized carbons (Fsp3) is 0.442. The van der Waals surface area contributed by atoms with Crippen LogP contribution in [0, 0.1) is 42.9 Å². The highest BCUT2D eigenvalue weighted by Gasteiger charge is 2.65. The van der Waals surface area contributed by atoms with Gasteiger partial charge in [-0.3, -0.25) is 0 Å². The molecule has 0 spiro atoms. The van der Waals surface area contributed by atoms with Gasteiger partial charge in [0.05, 0.1) is 42.7 Å². The van der Waals surface area contributed by atoms with Crippen LogP contribution in [0.15, 0.2) is 36.4 Å². The van der Waals surface area contributed by atoms with E-state index in [2.05, 4.69) is 54.2 Å². The lowest BCUT2D eigenvalue weighted by molar-refractivity contribution is -0.0497. The van der Waals surface area contributed by atoms with E-state index in [1.54, 1.807) is 42.7 Å². The van der Waals surface area contributed by atoms with E-state index in [-0.39, 0.29) is 36.1 Å². The van der Waals surface area contributed by atoms with Crippen molar-refractivity contribution in [3.05, 3.63) is 53.1 Å². The molecule has 52 heavy (non-hydrogen) atoms. The Hall–Kier alpha value is -5.46. The number of terminal acetylenes is 3. The highest BCUT2D eigenvalue weighted by Crippen LogP contribution is 2.72. The average Bonchev–Trinajstić information content (AvgIpc) is 3.16. The van der Waals surface area contributed by atoms with E-state index >= 15 is 0 Å². The van der Waals surface area contributed by atoms with Gasteiger partial charge in [0.25, 0.3) is 0 Å². The van der Waals surface area contributed by atoms with Gasteiger partial charge in [-0.25, -0.2) is 0 Å². The minimum atomic E-state index is -0.289. The van der Waals surface area contributed by atoms with Crippen LogP contribution in [-0.4, -0.2) is 62.5 Å². The molecule has 4 bridgehead atoms. The van der Waals surface area contributed by atoms with E-state index < -0.39 is 0 Å². The van der Waals surface area contributed by atoms with E-state index in [0.717, 1.165) is 55.2 Å². The summed E-state index contributed by atoms with van der Waals surface area (Å²) in [5.41, 5.74) is 2.49. The molecule has 0 amide bonds. The summed E-state index contributed by atoms with van der Waals surface area (Å²) in [5.74, 6) is 12.9. The van der Waals surface area contributed by atoms with Crippen LogP contribution in [0.1, 0.15) is 55.2 Å². The maximum Gasteiger partial charge on any atom is 0.204 e. The first kappa shape index (κ1) is 36.3. The molecule has 0 radical (unpaired) electrons. The van der Waals surface area contributed by atoms with Gasteiger partial charge in [-0.2, -0.15) is 0 Å². The number of benzene rings is 3. The molecule has 272 valence electrons. The zero-order valence-electron chi connectivity index (χ0n) is 30.8. The SMILES string of the molecule is C#CCOc1c(OC)cc(C23CC4CC(c5cc(OC)c(OCC#C)c(OC)c5)(C2)CC(c2cc(OC)c(OCC#C)c(OC)c2)(C4)C3)cc1OC. The molecular weight excluding hydrogens is 660 g/mol. The lowest BCUT2D eigenvalue weighted by Crippen LogP contribution is -2.62. The fourth-order valence-corrected chi connectivity index (χ4v) is 9.73. The van der Waals surface area contributed by atoms with Gasteiger partial charge < -0.3 is 42.6 Å². The zero-order valence-corrected chi connectivity index (χ0v) is 30.8. The first-order valence-electron chi connectivity index (χ1n) is 17.2. The van der Waals surface area contributed by atoms with Crippen LogP contribution in [0.3, 0.4) is 0 Å². The molecule has 9 heteroatoms. The quantitative estimate of drug-likeness (QED) is 0.157. The summed E-state index contributed by atoms with van der Waals surface area (Å²) in [6, 6.07) is 12.6. The molecule has 0 unspecified atom stereocenters. The van der Waals surface area contributed by atoms with Gasteiger partial charge in [0.15, 0.2) is 34.5 Å². The van der Waals surface area contributed by atoms with Crippen LogP contribution in [0.4, 0.5) is 0 Å². The Bertz CT molecular complexity index is 1640. The minimum Gasteiger partial charge on any atom is -0.493 e. The summed E-state index contributed by atoms with van der Waals surface area (Å²) < 4.78 is 53.4. The molecular formula is C43H46O9. The number of hydrogen-bond acceptors (Lipinski definition) is 9. The van der Waals surface area contributed by atoms with Crippen LogP contribution in [0.25, 0.3) is 0 Å². The first-order valence-corrected chi connectivity index (χ1v) is 17.2. The smallest absolute Gasteiger partial charge is 0.204 e. The minimum absolute atomic E-state index is 0.0843. The molecule has 7 rings (SSSR count). The van der Waals surface area contributed by atoms with Crippen molar-refractivity contribution < 1.29 is 42.6 Å². The molecule has 0 N–H and O–H groups in total. The van der Waals surface area contributed by atoms with Crippen LogP contribution < -0.4 is 42.6 Å². The topological polar surface area (TPSA) is 83.1 Å². The van der Waals surface area contributed by atoms with Gasteiger partial charge in [0.1, 0.15) is 19.8 Å². The van der Waals surface area contributed by atoms with Crippen molar-refractivity contribution in [2.75, 3.05) is 62.5 Å². The molecule has 3 aromatic rings. The van der Waals surface area contributed by atoms with E-state index in [0.29, 0.717) is 57.7 Å². The molecule has 4 aliphatic carbocycles. The maximum absolute atomic E-state index is 5.94. The Morgan fingerprint density at radius 1 is 0.462 bits per heavy atom. The molecule has 9 nitrogen and oxygen atoms in total. The second kappa shape index (κ2) is 14.6. The lowest BCUT2D eigenvalue weighted by atomic mass is 9.36. The Kier molecular flexibility index (Phi) is 10.2. The van der Waals surface area contributed by atoms with E-state index in [9.17, 15) is 0 Å². The molecule has 4 aliphatic rings. The summed E-state index contributed by atoms with van der Waals surface area (Å²) in [5, 5.41) is 0. The predicted octanol–water partition coefficient (Wildman–Crippen LogP) is 6.89. The van der Waals surface area contributed by atoms with Crippen LogP contribution in [0.5, 0.6) is 51.7 Å². The highest BCUT2D eigenvalue weighted by molar-refractivity contribution is 5.61. The average molecular weight is 707 g/mol. The predicted molar refractivity (Wildman–Crippen MR) is 198 cm³/mol. The van der Waals surface area contributed by atoms with Gasteiger partial charge in [0, 0.05) is 0 Å². The summed E-state index contributed by atoms with van der Waals surface area (Å²) >= 11 is 0. The van der Waals surface area contributed by atoms with Crippen LogP contribution in [0.2, 0.25) is 0 Å². The number of hydrogen-bond donors (Lipinski definition) is 0. The molecule has 0 saturated heterocycles. The normalized spacial score (nSPS) is 23.7. The second-order valence-corrected chi connectivity index (χ2v) is 14.0. The van der Waals surface area contributed by atoms with Crippen molar-refractivity contribution in [3.8, 4) is 88.8 Å². The molecule has 0 aliphatic heterocycles. The van der Waals surface area contributed by atoms with Crippen molar-refractivity contribution in [1.29, 1.82) is 0 Å². The Morgan fingerprint density at radius 2 is 0.692 bits per heavy atom. The molecule has 0 atom stereocenters. The standard InChI is InChI=1S/C43H46O9/c1-10-13-50-38-32(44-4)16-29(17-33(38)45-5)41-22-28-23-42(25-41,30-18-34(46-6)39(51-14-11-2)35(19-30)47-7)27-43(24-28,26-41)31-20-36(48-8)40(52-15-12-3)37(21-31)49-9/h1-3,16-21,28H,13-15,22-27H2,4-9H3. The van der Waals surface area contributed by atoms with E-state index in [4.69, 9.17) is 61.9 Å². The third-order valence-corrected chi connectivity index (χ3v) is 11.2. The number of rotatable bonds is 15. The Morgan fingerprint density at radius 3 is 0.885 bits per heavy atom. The maximum atomic E-state index is 5.94. The van der Waals surface area contributed by atoms with Crippen molar-refractivity contribution >= 4 is 0 Å². The fourth-order valence-electron chi connectivity index (χ4n) is 9.73. The Balaban J connectivity index is 1.59. The molecule has 0 aromatic heterocycles. The number of ether oxygens (including phenoxy) is 9. The van der Waals surface area contributed by atoms with Gasteiger partial charge in [-0.05, 0) is 114 Å². The summed E-state index contributed by atoms with van der Waals surface area (Å²) in [6.07, 6.45) is 22.2. The summed E-state index contributed by atoms with van der Waals surface area (Å²) in [6.45, 7) is 0.253. The van der Waals surface area contributed by atoms with Gasteiger partial charge in [-0.15, -0.1) is 19.3 Å². The van der Waals surface area contributed by atoms with Crippen molar-refractivity contribution in [1.82, 2.24) is 0 Å². The van der Waals surface area contributed by atoms with Gasteiger partial charge in [-0.1, -0.05) is 17.8 Å². The molecule has 0 heterocycles. The zero-order chi connectivity index (χ0) is 37.1. The molecule has 4 fully saturated rings. The van der Waals surface area contributed by atoms with Crippen molar-refractivity contribution in [3.63, 3.8) is 0 Å². The monoisotopic (exact) mass is 706 g/mol. The molecule has 4 saturated carbocycles. The van der Waals surface area contributed by atoms with Crippen LogP contribution >= 0.6 is 0 Å². The first-order chi connectivity index (χ1) is 25.2. The Labute approximate surface area is 307 Å². The van der Waals surface area contributed by atoms with Gasteiger partial charge >= 0.3 is 0 Å². The second-order valence-electron chi connectivity index (χ2n) is 14.0. The summed E-state index contributed by atoms with van der Waals surface area (Å²) in [7, 11) is 9.80. The molecule has 3 aromatic carbocycles. The third-order valence-electron chi connectivity index (χ3n) is 11.2. The van der Waals surface area contributed by atoms with Crippen molar-refractivity contribution in [2.45, 2.75) is 54.8 Å². The lowest BCUT2D eigenvalue weighted by Gasteiger charge is -2.67.